The maximum absolute atomic E-state index is 11.6. The zero-order valence-corrected chi connectivity index (χ0v) is 21.2. The summed E-state index contributed by atoms with van der Waals surface area (Å²) < 4.78 is 10.2. The summed E-state index contributed by atoms with van der Waals surface area (Å²) in [5, 5.41) is 5.87. The van der Waals surface area contributed by atoms with E-state index in [1.165, 1.54) is 11.3 Å². The summed E-state index contributed by atoms with van der Waals surface area (Å²) in [7, 11) is 0. The number of aromatic nitrogens is 2. The van der Waals surface area contributed by atoms with Gasteiger partial charge in [-0.2, -0.15) is 4.98 Å². The predicted octanol–water partition coefficient (Wildman–Crippen LogP) is 6.71. The molecule has 4 rings (SSSR count). The highest BCUT2D eigenvalue weighted by molar-refractivity contribution is 7.19. The van der Waals surface area contributed by atoms with Gasteiger partial charge in [-0.15, -0.1) is 11.3 Å². The Balaban J connectivity index is 1.53. The van der Waals surface area contributed by atoms with E-state index < -0.39 is 6.16 Å². The normalized spacial score (nSPS) is 14.5. The SMILES string of the molecule is CCOC(=O)OC1CCN(c2nc(NCc3ccc(Cl)c(Cl)c3)c3c(Cl)c(C)sc3n2)CC1. The number of nitrogens with zero attached hydrogens (tertiary/aromatic N) is 3. The van der Waals surface area contributed by atoms with E-state index in [2.05, 4.69) is 10.2 Å². The van der Waals surface area contributed by atoms with Gasteiger partial charge in [-0.3, -0.25) is 0 Å². The van der Waals surface area contributed by atoms with Gasteiger partial charge >= 0.3 is 6.16 Å². The Morgan fingerprint density at radius 2 is 1.97 bits per heavy atom. The molecule has 11 heteroatoms. The molecule has 1 aromatic carbocycles. The molecular formula is C22H23Cl3N4O3S. The van der Waals surface area contributed by atoms with E-state index in [0.717, 1.165) is 20.7 Å². The van der Waals surface area contributed by atoms with E-state index in [9.17, 15) is 4.79 Å². The van der Waals surface area contributed by atoms with Gasteiger partial charge < -0.3 is 19.7 Å². The minimum atomic E-state index is -0.619. The molecule has 0 bridgehead atoms. The summed E-state index contributed by atoms with van der Waals surface area (Å²) in [6, 6.07) is 5.51. The van der Waals surface area contributed by atoms with Crippen LogP contribution in [0.5, 0.6) is 0 Å². The maximum atomic E-state index is 11.6. The number of carbonyl (C=O) groups is 1. The fraction of sp³-hybridized carbons (Fsp3) is 0.409. The number of rotatable bonds is 6. The molecule has 176 valence electrons. The number of piperidine rings is 1. The molecule has 3 heterocycles. The van der Waals surface area contributed by atoms with E-state index in [4.69, 9.17) is 54.2 Å². The number of thiophene rings is 1. The van der Waals surface area contributed by atoms with Crippen LogP contribution in [-0.2, 0) is 16.0 Å². The molecule has 0 saturated carbocycles. The zero-order valence-electron chi connectivity index (χ0n) is 18.2. The van der Waals surface area contributed by atoms with Crippen LogP contribution < -0.4 is 10.2 Å². The monoisotopic (exact) mass is 528 g/mol. The van der Waals surface area contributed by atoms with Crippen molar-refractivity contribution in [3.63, 3.8) is 0 Å². The molecule has 0 spiro atoms. The summed E-state index contributed by atoms with van der Waals surface area (Å²) in [6.45, 7) is 5.85. The largest absolute Gasteiger partial charge is 0.508 e. The first-order valence-corrected chi connectivity index (χ1v) is 12.5. The molecular weight excluding hydrogens is 507 g/mol. The fourth-order valence-electron chi connectivity index (χ4n) is 3.63. The third-order valence-corrected chi connectivity index (χ3v) is 7.66. The number of hydrogen-bond acceptors (Lipinski definition) is 8. The first-order chi connectivity index (χ1) is 15.9. The third-order valence-electron chi connectivity index (χ3n) is 5.34. The molecule has 1 aliphatic heterocycles. The average Bonchev–Trinajstić information content (AvgIpc) is 3.08. The van der Waals surface area contributed by atoms with Gasteiger partial charge in [0.1, 0.15) is 16.8 Å². The van der Waals surface area contributed by atoms with Gasteiger partial charge in [0.15, 0.2) is 0 Å². The number of ether oxygens (including phenoxy) is 2. The number of benzene rings is 1. The summed E-state index contributed by atoms with van der Waals surface area (Å²) in [6.07, 6.45) is 0.563. The van der Waals surface area contributed by atoms with E-state index in [-0.39, 0.29) is 6.10 Å². The number of hydrogen-bond donors (Lipinski definition) is 1. The van der Waals surface area contributed by atoms with Gasteiger partial charge in [0.25, 0.3) is 0 Å². The molecule has 0 amide bonds. The van der Waals surface area contributed by atoms with Gasteiger partial charge in [-0.1, -0.05) is 40.9 Å². The Morgan fingerprint density at radius 3 is 2.67 bits per heavy atom. The highest BCUT2D eigenvalue weighted by atomic mass is 35.5. The van der Waals surface area contributed by atoms with E-state index in [1.807, 2.05) is 19.1 Å². The van der Waals surface area contributed by atoms with Crippen molar-refractivity contribution < 1.29 is 14.3 Å². The van der Waals surface area contributed by atoms with Gasteiger partial charge in [-0.25, -0.2) is 9.78 Å². The topological polar surface area (TPSA) is 76.6 Å². The number of nitrogens with one attached hydrogen (secondary N) is 1. The van der Waals surface area contributed by atoms with Crippen LogP contribution in [0, 0.1) is 6.92 Å². The molecule has 33 heavy (non-hydrogen) atoms. The standard InChI is InChI=1S/C22H23Cl3N4O3S/c1-3-31-22(30)32-14-6-8-29(9-7-14)21-27-19(17-18(25)12(2)33-20(17)28-21)26-11-13-4-5-15(23)16(24)10-13/h4-5,10,14H,3,6-9,11H2,1-2H3,(H,26,27,28). The Labute approximate surface area is 211 Å². The van der Waals surface area contributed by atoms with Gasteiger partial charge in [0, 0.05) is 37.4 Å². The Kier molecular flexibility index (Phi) is 7.69. The first kappa shape index (κ1) is 24.1. The molecule has 1 N–H and O–H groups in total. The minimum Gasteiger partial charge on any atom is -0.435 e. The van der Waals surface area contributed by atoms with Crippen LogP contribution in [0.4, 0.5) is 16.6 Å². The van der Waals surface area contributed by atoms with Crippen molar-refractivity contribution in [1.29, 1.82) is 0 Å². The molecule has 7 nitrogen and oxygen atoms in total. The lowest BCUT2D eigenvalue weighted by Gasteiger charge is -2.31. The summed E-state index contributed by atoms with van der Waals surface area (Å²) >= 11 is 20.3. The van der Waals surface area contributed by atoms with Crippen LogP contribution in [-0.4, -0.2) is 41.9 Å². The highest BCUT2D eigenvalue weighted by Crippen LogP contribution is 2.39. The van der Waals surface area contributed by atoms with Crippen molar-refractivity contribution in [3.8, 4) is 0 Å². The van der Waals surface area contributed by atoms with Gasteiger partial charge in [0.05, 0.1) is 27.1 Å². The molecule has 1 saturated heterocycles. The number of anilines is 2. The second kappa shape index (κ2) is 10.5. The maximum Gasteiger partial charge on any atom is 0.508 e. The lowest BCUT2D eigenvalue weighted by molar-refractivity contribution is 0.0183. The molecule has 2 aromatic heterocycles. The average molecular weight is 530 g/mol. The zero-order chi connectivity index (χ0) is 23.5. The van der Waals surface area contributed by atoms with Crippen molar-refractivity contribution in [2.75, 3.05) is 29.9 Å². The fourth-order valence-corrected chi connectivity index (χ4v) is 5.21. The van der Waals surface area contributed by atoms with Crippen LogP contribution in [0.2, 0.25) is 15.1 Å². The number of carbonyl (C=O) groups excluding carboxylic acids is 1. The second-order valence-electron chi connectivity index (χ2n) is 7.61. The smallest absolute Gasteiger partial charge is 0.435 e. The first-order valence-electron chi connectivity index (χ1n) is 10.6. The quantitative estimate of drug-likeness (QED) is 0.355. The van der Waals surface area contributed by atoms with Crippen LogP contribution in [0.3, 0.4) is 0 Å². The van der Waals surface area contributed by atoms with Crippen molar-refractivity contribution in [1.82, 2.24) is 9.97 Å². The van der Waals surface area contributed by atoms with E-state index >= 15 is 0 Å². The summed E-state index contributed by atoms with van der Waals surface area (Å²) in [5.41, 5.74) is 0.970. The molecule has 0 atom stereocenters. The molecule has 1 aliphatic rings. The van der Waals surface area contributed by atoms with Gasteiger partial charge in [-0.05, 0) is 31.5 Å². The molecule has 1 fully saturated rings. The highest BCUT2D eigenvalue weighted by Gasteiger charge is 2.26. The third kappa shape index (κ3) is 5.57. The number of fused-ring (bicyclic) bond motifs is 1. The number of halogens is 3. The molecule has 0 radical (unpaired) electrons. The summed E-state index contributed by atoms with van der Waals surface area (Å²) in [5.74, 6) is 1.28. The van der Waals surface area contributed by atoms with Crippen molar-refractivity contribution in [2.24, 2.45) is 0 Å². The van der Waals surface area contributed by atoms with Crippen molar-refractivity contribution in [2.45, 2.75) is 39.3 Å². The number of aryl methyl sites for hydroxylation is 1. The lowest BCUT2D eigenvalue weighted by Crippen LogP contribution is -2.39. The Hall–Kier alpha value is -2.00. The van der Waals surface area contributed by atoms with Crippen LogP contribution in [0.1, 0.15) is 30.2 Å². The van der Waals surface area contributed by atoms with Gasteiger partial charge in [0.2, 0.25) is 5.95 Å². The second-order valence-corrected chi connectivity index (χ2v) is 10.0. The van der Waals surface area contributed by atoms with Crippen LogP contribution in [0.15, 0.2) is 18.2 Å². The molecule has 0 aliphatic carbocycles. The van der Waals surface area contributed by atoms with E-state index in [0.29, 0.717) is 65.9 Å². The van der Waals surface area contributed by atoms with Crippen molar-refractivity contribution in [3.05, 3.63) is 43.7 Å². The predicted molar refractivity (Wildman–Crippen MR) is 134 cm³/mol. The van der Waals surface area contributed by atoms with Crippen LogP contribution >= 0.6 is 46.1 Å². The van der Waals surface area contributed by atoms with Crippen LogP contribution in [0.25, 0.3) is 10.2 Å². The molecule has 0 unspecified atom stereocenters. The lowest BCUT2D eigenvalue weighted by atomic mass is 10.1. The van der Waals surface area contributed by atoms with Crippen molar-refractivity contribution >= 4 is 74.3 Å². The minimum absolute atomic E-state index is 0.172. The van der Waals surface area contributed by atoms with E-state index in [1.54, 1.807) is 13.0 Å². The Morgan fingerprint density at radius 1 is 1.21 bits per heavy atom. The summed E-state index contributed by atoms with van der Waals surface area (Å²) in [4.78, 5) is 25.1. The Bertz CT molecular complexity index is 1170. The molecule has 3 aromatic rings.